The van der Waals surface area contributed by atoms with Crippen LogP contribution in [0.5, 0.6) is 0 Å². The molecule has 0 aliphatic heterocycles. The van der Waals surface area contributed by atoms with Gasteiger partial charge in [-0.25, -0.2) is 4.39 Å². The van der Waals surface area contributed by atoms with Crippen LogP contribution in [0.1, 0.15) is 5.56 Å². The number of amides is 1. The van der Waals surface area contributed by atoms with Gasteiger partial charge in [-0.05, 0) is 24.1 Å². The quantitative estimate of drug-likeness (QED) is 0.559. The lowest BCUT2D eigenvalue weighted by molar-refractivity contribution is -0.109. The second kappa shape index (κ2) is 5.17. The molecule has 1 amide bonds. The van der Waals surface area contributed by atoms with Crippen molar-refractivity contribution in [3.8, 4) is 0 Å². The van der Waals surface area contributed by atoms with Crippen molar-refractivity contribution in [3.05, 3.63) is 48.3 Å². The van der Waals surface area contributed by atoms with Gasteiger partial charge in [0.25, 0.3) is 0 Å². The highest BCUT2D eigenvalue weighted by Crippen LogP contribution is 2.05. The van der Waals surface area contributed by atoms with Crippen LogP contribution in [0.15, 0.2) is 36.9 Å². The highest BCUT2D eigenvalue weighted by Gasteiger charge is 2.03. The third kappa shape index (κ3) is 3.01. The van der Waals surface area contributed by atoms with Gasteiger partial charge in [-0.3, -0.25) is 4.79 Å². The lowest BCUT2D eigenvalue weighted by Crippen LogP contribution is -2.27. The van der Waals surface area contributed by atoms with Crippen LogP contribution in [0, 0.1) is 5.82 Å². The van der Waals surface area contributed by atoms with Crippen LogP contribution < -0.4 is 5.32 Å². The molecule has 2 nitrogen and oxygen atoms in total. The number of carbonyl (C=O) groups excluding carboxylic acids is 1. The van der Waals surface area contributed by atoms with Crippen molar-refractivity contribution in [1.29, 1.82) is 0 Å². The van der Waals surface area contributed by atoms with Crippen LogP contribution in [0.25, 0.3) is 0 Å². The number of carbonyl (C=O) groups is 1. The Morgan fingerprint density at radius 3 is 2.57 bits per heavy atom. The monoisotopic (exact) mass is 193 g/mol. The van der Waals surface area contributed by atoms with Crippen molar-refractivity contribution in [3.63, 3.8) is 0 Å². The summed E-state index contributed by atoms with van der Waals surface area (Å²) in [5.74, 6) is -0.257. The third-order valence-electron chi connectivity index (χ3n) is 1.94. The largest absolute Gasteiger partial charge is 0.352 e. The Labute approximate surface area is 82.4 Å². The zero-order chi connectivity index (χ0) is 10.4. The van der Waals surface area contributed by atoms with E-state index in [0.717, 1.165) is 5.56 Å². The zero-order valence-corrected chi connectivity index (χ0v) is 7.74. The number of hydrogen-bond acceptors (Lipinski definition) is 1. The first-order valence-corrected chi connectivity index (χ1v) is 4.33. The van der Waals surface area contributed by atoms with E-state index in [-0.39, 0.29) is 11.9 Å². The maximum absolute atomic E-state index is 12.6. The van der Waals surface area contributed by atoms with Crippen LogP contribution in [0.4, 0.5) is 4.39 Å². The Hall–Kier alpha value is -1.64. The molecule has 0 fully saturated rings. The minimum absolute atomic E-state index is 0.0991. The first-order chi connectivity index (χ1) is 6.76. The van der Waals surface area contributed by atoms with E-state index >= 15 is 0 Å². The maximum Gasteiger partial charge on any atom is 0.207 e. The molecule has 0 saturated carbocycles. The topological polar surface area (TPSA) is 29.1 Å². The van der Waals surface area contributed by atoms with Crippen molar-refractivity contribution in [1.82, 2.24) is 5.32 Å². The molecule has 74 valence electrons. The Morgan fingerprint density at radius 2 is 2.07 bits per heavy atom. The smallest absolute Gasteiger partial charge is 0.207 e. The predicted octanol–water partition coefficient (Wildman–Crippen LogP) is 1.67. The number of benzene rings is 1. The van der Waals surface area contributed by atoms with E-state index in [0.29, 0.717) is 12.8 Å². The average molecular weight is 193 g/mol. The summed E-state index contributed by atoms with van der Waals surface area (Å²) < 4.78 is 12.6. The molecule has 1 unspecified atom stereocenters. The van der Waals surface area contributed by atoms with E-state index in [2.05, 4.69) is 11.9 Å². The molecule has 0 bridgehead atoms. The Balaban J connectivity index is 2.62. The molecular weight excluding hydrogens is 181 g/mol. The predicted molar refractivity (Wildman–Crippen MR) is 53.3 cm³/mol. The van der Waals surface area contributed by atoms with Gasteiger partial charge in [0.05, 0.1) is 6.04 Å². The highest BCUT2D eigenvalue weighted by atomic mass is 19.1. The van der Waals surface area contributed by atoms with Gasteiger partial charge in [0.2, 0.25) is 6.41 Å². The van der Waals surface area contributed by atoms with Crippen LogP contribution >= 0.6 is 0 Å². The van der Waals surface area contributed by atoms with E-state index < -0.39 is 0 Å². The molecule has 0 aliphatic rings. The normalized spacial score (nSPS) is 11.8. The second-order valence-electron chi connectivity index (χ2n) is 2.96. The number of nitrogens with one attached hydrogen (secondary N) is 1. The lowest BCUT2D eigenvalue weighted by Gasteiger charge is -2.10. The third-order valence-corrected chi connectivity index (χ3v) is 1.94. The highest BCUT2D eigenvalue weighted by molar-refractivity contribution is 5.47. The van der Waals surface area contributed by atoms with Crippen molar-refractivity contribution >= 4 is 6.41 Å². The van der Waals surface area contributed by atoms with Gasteiger partial charge in [0, 0.05) is 0 Å². The van der Waals surface area contributed by atoms with Gasteiger partial charge >= 0.3 is 0 Å². The lowest BCUT2D eigenvalue weighted by atomic mass is 10.1. The van der Waals surface area contributed by atoms with E-state index in [1.54, 1.807) is 18.2 Å². The van der Waals surface area contributed by atoms with Crippen molar-refractivity contribution < 1.29 is 9.18 Å². The summed E-state index contributed by atoms with van der Waals surface area (Å²) in [4.78, 5) is 10.2. The molecule has 1 atom stereocenters. The molecule has 3 heteroatoms. The van der Waals surface area contributed by atoms with Crippen molar-refractivity contribution in [2.24, 2.45) is 0 Å². The zero-order valence-electron chi connectivity index (χ0n) is 7.74. The fourth-order valence-electron chi connectivity index (χ4n) is 1.17. The molecule has 0 radical (unpaired) electrons. The first kappa shape index (κ1) is 10.4. The number of hydrogen-bond donors (Lipinski definition) is 1. The number of rotatable bonds is 5. The second-order valence-corrected chi connectivity index (χ2v) is 2.96. The molecule has 1 aromatic rings. The summed E-state index contributed by atoms with van der Waals surface area (Å²) in [7, 11) is 0. The van der Waals surface area contributed by atoms with Crippen LogP contribution in [-0.2, 0) is 11.2 Å². The summed E-state index contributed by atoms with van der Waals surface area (Å²) in [5.41, 5.74) is 0.964. The molecule has 0 spiro atoms. The minimum Gasteiger partial charge on any atom is -0.352 e. The minimum atomic E-state index is -0.257. The molecule has 14 heavy (non-hydrogen) atoms. The standard InChI is InChI=1S/C11H12FNO/c1-2-11(13-8-14)7-9-3-5-10(12)6-4-9/h2-6,8,11H,1,7H2,(H,13,14). The SMILES string of the molecule is C=CC(Cc1ccc(F)cc1)NC=O. The van der Waals surface area contributed by atoms with Gasteiger partial charge in [-0.15, -0.1) is 6.58 Å². The van der Waals surface area contributed by atoms with E-state index in [1.165, 1.54) is 12.1 Å². The summed E-state index contributed by atoms with van der Waals surface area (Å²) in [6, 6.07) is 6.08. The maximum atomic E-state index is 12.6. The van der Waals surface area contributed by atoms with Crippen molar-refractivity contribution in [2.45, 2.75) is 12.5 Å². The molecule has 1 aromatic carbocycles. The average Bonchev–Trinajstić information content (AvgIpc) is 2.20. The van der Waals surface area contributed by atoms with Gasteiger partial charge < -0.3 is 5.32 Å². The molecule has 1 N–H and O–H groups in total. The number of halogens is 1. The van der Waals surface area contributed by atoms with Gasteiger partial charge in [0.15, 0.2) is 0 Å². The van der Waals surface area contributed by atoms with E-state index in [4.69, 9.17) is 0 Å². The first-order valence-electron chi connectivity index (χ1n) is 4.33. The summed E-state index contributed by atoms with van der Waals surface area (Å²) in [6.07, 6.45) is 2.91. The Kier molecular flexibility index (Phi) is 3.85. The van der Waals surface area contributed by atoms with Gasteiger partial charge in [-0.1, -0.05) is 18.2 Å². The fraction of sp³-hybridized carbons (Fsp3) is 0.182. The van der Waals surface area contributed by atoms with Gasteiger partial charge in [0.1, 0.15) is 5.82 Å². The summed E-state index contributed by atoms with van der Waals surface area (Å²) in [6.45, 7) is 3.60. The Morgan fingerprint density at radius 1 is 1.43 bits per heavy atom. The van der Waals surface area contributed by atoms with Crippen LogP contribution in [0.3, 0.4) is 0 Å². The molecule has 0 heterocycles. The van der Waals surface area contributed by atoms with E-state index in [9.17, 15) is 9.18 Å². The van der Waals surface area contributed by atoms with Crippen molar-refractivity contribution in [2.75, 3.05) is 0 Å². The molecular formula is C11H12FNO. The molecule has 1 rings (SSSR count). The fourth-order valence-corrected chi connectivity index (χ4v) is 1.17. The van der Waals surface area contributed by atoms with Crippen LogP contribution in [-0.4, -0.2) is 12.5 Å². The van der Waals surface area contributed by atoms with E-state index in [1.807, 2.05) is 0 Å². The molecule has 0 saturated heterocycles. The summed E-state index contributed by atoms with van der Waals surface area (Å²) in [5, 5.41) is 2.60. The molecule has 0 aromatic heterocycles. The van der Waals surface area contributed by atoms with Crippen LogP contribution in [0.2, 0.25) is 0 Å². The Bertz CT molecular complexity index is 308. The summed E-state index contributed by atoms with van der Waals surface area (Å²) >= 11 is 0. The van der Waals surface area contributed by atoms with Gasteiger partial charge in [-0.2, -0.15) is 0 Å². The molecule has 0 aliphatic carbocycles.